The van der Waals surface area contributed by atoms with Crippen LogP contribution in [0.25, 0.3) is 0 Å². The van der Waals surface area contributed by atoms with Gasteiger partial charge in [-0.05, 0) is 42.7 Å². The number of halogens is 1. The zero-order valence-electron chi connectivity index (χ0n) is 11.7. The molecule has 2 bridgehead atoms. The molecule has 4 nitrogen and oxygen atoms in total. The van der Waals surface area contributed by atoms with Gasteiger partial charge in [0.05, 0.1) is 5.92 Å². The maximum Gasteiger partial charge on any atom is 0.231 e. The van der Waals surface area contributed by atoms with Crippen molar-refractivity contribution in [3.05, 3.63) is 47.4 Å². The molecule has 21 heavy (non-hydrogen) atoms. The largest absolute Gasteiger partial charge is 0.339 e. The molecule has 4 atom stereocenters. The van der Waals surface area contributed by atoms with E-state index in [2.05, 4.69) is 10.1 Å². The Morgan fingerprint density at radius 1 is 1.24 bits per heavy atom. The summed E-state index contributed by atoms with van der Waals surface area (Å²) in [5, 5.41) is 4.01. The molecule has 0 amide bonds. The SMILES string of the molecule is NC1C2CCC(C2)C1c1nc(Cc2ccccc2F)no1. The second-order valence-electron chi connectivity index (χ2n) is 6.25. The molecule has 0 aliphatic heterocycles. The number of hydrogen-bond donors (Lipinski definition) is 1. The molecule has 1 aromatic carbocycles. The van der Waals surface area contributed by atoms with Gasteiger partial charge in [0.15, 0.2) is 5.82 Å². The van der Waals surface area contributed by atoms with E-state index >= 15 is 0 Å². The van der Waals surface area contributed by atoms with E-state index in [0.717, 1.165) is 0 Å². The Morgan fingerprint density at radius 2 is 2.05 bits per heavy atom. The van der Waals surface area contributed by atoms with Gasteiger partial charge in [0, 0.05) is 12.5 Å². The molecule has 0 radical (unpaired) electrons. The average Bonchev–Trinajstić information content (AvgIpc) is 3.17. The van der Waals surface area contributed by atoms with Crippen molar-refractivity contribution in [3.63, 3.8) is 0 Å². The van der Waals surface area contributed by atoms with Crippen LogP contribution in [0.4, 0.5) is 4.39 Å². The summed E-state index contributed by atoms with van der Waals surface area (Å²) >= 11 is 0. The van der Waals surface area contributed by atoms with E-state index in [1.807, 2.05) is 6.07 Å². The monoisotopic (exact) mass is 287 g/mol. The van der Waals surface area contributed by atoms with Crippen LogP contribution in [0.15, 0.2) is 28.8 Å². The molecule has 2 N–H and O–H groups in total. The Bertz CT molecular complexity index is 654. The maximum atomic E-state index is 13.7. The first kappa shape index (κ1) is 13.0. The van der Waals surface area contributed by atoms with Crippen molar-refractivity contribution in [2.24, 2.45) is 17.6 Å². The number of aromatic nitrogens is 2. The van der Waals surface area contributed by atoms with Crippen LogP contribution in [0.1, 0.15) is 42.5 Å². The first-order chi connectivity index (χ1) is 10.2. The Labute approximate surface area is 122 Å². The molecule has 1 heterocycles. The predicted molar refractivity (Wildman–Crippen MR) is 75.1 cm³/mol. The molecule has 2 aliphatic rings. The molecule has 2 aromatic rings. The Hall–Kier alpha value is -1.75. The van der Waals surface area contributed by atoms with Crippen molar-refractivity contribution in [1.82, 2.24) is 10.1 Å². The Kier molecular flexibility index (Phi) is 3.03. The summed E-state index contributed by atoms with van der Waals surface area (Å²) in [4.78, 5) is 4.47. The number of nitrogens with two attached hydrogens (primary N) is 1. The number of fused-ring (bicyclic) bond motifs is 2. The molecule has 2 fully saturated rings. The summed E-state index contributed by atoms with van der Waals surface area (Å²) in [6, 6.07) is 6.81. The lowest BCUT2D eigenvalue weighted by Crippen LogP contribution is -2.34. The highest BCUT2D eigenvalue weighted by Gasteiger charge is 2.48. The summed E-state index contributed by atoms with van der Waals surface area (Å²) in [6.07, 6.45) is 3.95. The van der Waals surface area contributed by atoms with Crippen molar-refractivity contribution in [3.8, 4) is 0 Å². The number of benzene rings is 1. The fraction of sp³-hybridized carbons (Fsp3) is 0.500. The van der Waals surface area contributed by atoms with Gasteiger partial charge in [0.25, 0.3) is 0 Å². The fourth-order valence-electron chi connectivity index (χ4n) is 3.99. The lowest BCUT2D eigenvalue weighted by molar-refractivity contribution is 0.278. The second kappa shape index (κ2) is 4.91. The smallest absolute Gasteiger partial charge is 0.231 e. The third kappa shape index (κ3) is 2.16. The molecule has 0 saturated heterocycles. The van der Waals surface area contributed by atoms with E-state index in [1.165, 1.54) is 25.3 Å². The van der Waals surface area contributed by atoms with E-state index in [9.17, 15) is 4.39 Å². The van der Waals surface area contributed by atoms with Gasteiger partial charge >= 0.3 is 0 Å². The van der Waals surface area contributed by atoms with Gasteiger partial charge < -0.3 is 10.3 Å². The molecule has 110 valence electrons. The minimum atomic E-state index is -0.236. The molecule has 2 saturated carbocycles. The zero-order chi connectivity index (χ0) is 14.4. The van der Waals surface area contributed by atoms with Crippen LogP contribution in [0.5, 0.6) is 0 Å². The van der Waals surface area contributed by atoms with Crippen LogP contribution < -0.4 is 5.73 Å². The van der Waals surface area contributed by atoms with Crippen LogP contribution in [0.2, 0.25) is 0 Å². The van der Waals surface area contributed by atoms with Crippen molar-refractivity contribution >= 4 is 0 Å². The third-order valence-electron chi connectivity index (χ3n) is 5.06. The van der Waals surface area contributed by atoms with Crippen LogP contribution in [-0.2, 0) is 6.42 Å². The molecule has 2 aliphatic carbocycles. The highest BCUT2D eigenvalue weighted by atomic mass is 19.1. The van der Waals surface area contributed by atoms with Crippen molar-refractivity contribution < 1.29 is 8.91 Å². The third-order valence-corrected chi connectivity index (χ3v) is 5.06. The molecular weight excluding hydrogens is 269 g/mol. The van der Waals surface area contributed by atoms with Gasteiger partial charge in [-0.3, -0.25) is 0 Å². The van der Waals surface area contributed by atoms with Gasteiger partial charge in [-0.2, -0.15) is 4.98 Å². The van der Waals surface area contributed by atoms with E-state index in [0.29, 0.717) is 35.5 Å². The molecule has 5 heteroatoms. The van der Waals surface area contributed by atoms with Crippen molar-refractivity contribution in [2.45, 2.75) is 37.6 Å². The molecule has 4 rings (SSSR count). The van der Waals surface area contributed by atoms with Gasteiger partial charge in [-0.25, -0.2) is 4.39 Å². The van der Waals surface area contributed by atoms with E-state index < -0.39 is 0 Å². The van der Waals surface area contributed by atoms with Crippen LogP contribution in [-0.4, -0.2) is 16.2 Å². The second-order valence-corrected chi connectivity index (χ2v) is 6.25. The summed E-state index contributed by atoms with van der Waals surface area (Å²) in [7, 11) is 0. The Balaban J connectivity index is 1.55. The van der Waals surface area contributed by atoms with Gasteiger partial charge in [-0.15, -0.1) is 0 Å². The first-order valence-electron chi connectivity index (χ1n) is 7.54. The number of hydrogen-bond acceptors (Lipinski definition) is 4. The van der Waals surface area contributed by atoms with E-state index in [-0.39, 0.29) is 17.8 Å². The maximum absolute atomic E-state index is 13.7. The summed E-state index contributed by atoms with van der Waals surface area (Å²) in [5.74, 6) is 2.30. The minimum Gasteiger partial charge on any atom is -0.339 e. The topological polar surface area (TPSA) is 64.9 Å². The number of rotatable bonds is 3. The fourth-order valence-corrected chi connectivity index (χ4v) is 3.99. The van der Waals surface area contributed by atoms with E-state index in [4.69, 9.17) is 10.3 Å². The zero-order valence-corrected chi connectivity index (χ0v) is 11.7. The predicted octanol–water partition coefficient (Wildman–Crippen LogP) is 2.64. The normalized spacial score (nSPS) is 31.0. The van der Waals surface area contributed by atoms with Crippen molar-refractivity contribution in [1.29, 1.82) is 0 Å². The highest BCUT2D eigenvalue weighted by Crippen LogP contribution is 2.51. The minimum absolute atomic E-state index is 0.130. The van der Waals surface area contributed by atoms with Gasteiger partial charge in [0.2, 0.25) is 5.89 Å². The van der Waals surface area contributed by atoms with Crippen LogP contribution in [0, 0.1) is 17.7 Å². The lowest BCUT2D eigenvalue weighted by Gasteiger charge is -2.24. The molecule has 1 aromatic heterocycles. The number of nitrogens with zero attached hydrogens (tertiary/aromatic N) is 2. The van der Waals surface area contributed by atoms with Crippen LogP contribution >= 0.6 is 0 Å². The molecule has 4 unspecified atom stereocenters. The molecular formula is C16H18FN3O. The van der Waals surface area contributed by atoms with Gasteiger partial charge in [0.1, 0.15) is 5.82 Å². The highest BCUT2D eigenvalue weighted by molar-refractivity contribution is 5.21. The standard InChI is InChI=1S/C16H18FN3O/c17-12-4-2-1-3-9(12)8-13-19-16(21-20-13)14-10-5-6-11(7-10)15(14)18/h1-4,10-11,14-15H,5-8,18H2. The Morgan fingerprint density at radius 3 is 2.81 bits per heavy atom. The van der Waals surface area contributed by atoms with Gasteiger partial charge in [-0.1, -0.05) is 23.4 Å². The van der Waals surface area contributed by atoms with Crippen LogP contribution in [0.3, 0.4) is 0 Å². The van der Waals surface area contributed by atoms with E-state index in [1.54, 1.807) is 12.1 Å². The molecule has 0 spiro atoms. The summed E-state index contributed by atoms with van der Waals surface area (Å²) < 4.78 is 19.1. The summed E-state index contributed by atoms with van der Waals surface area (Å²) in [5.41, 5.74) is 6.88. The summed E-state index contributed by atoms with van der Waals surface area (Å²) in [6.45, 7) is 0. The average molecular weight is 287 g/mol. The van der Waals surface area contributed by atoms with Crippen molar-refractivity contribution in [2.75, 3.05) is 0 Å². The quantitative estimate of drug-likeness (QED) is 0.942. The lowest BCUT2D eigenvalue weighted by atomic mass is 9.85. The first-order valence-corrected chi connectivity index (χ1v) is 7.54.